The first-order valence-electron chi connectivity index (χ1n) is 7.31. The van der Waals surface area contributed by atoms with E-state index in [1.54, 1.807) is 18.5 Å². The number of halogens is 1. The number of carbonyl (C=O) groups is 1. The molecule has 1 fully saturated rings. The van der Waals surface area contributed by atoms with Gasteiger partial charge in [-0.3, -0.25) is 4.79 Å². The summed E-state index contributed by atoms with van der Waals surface area (Å²) in [6.07, 6.45) is 5.31. The zero-order chi connectivity index (χ0) is 15.4. The van der Waals surface area contributed by atoms with Crippen LogP contribution in [0.3, 0.4) is 0 Å². The molecule has 2 aromatic rings. The molecule has 3 rings (SSSR count). The molecule has 0 bridgehead atoms. The molecule has 0 radical (unpaired) electrons. The number of hydrogen-bond acceptors (Lipinski definition) is 4. The van der Waals surface area contributed by atoms with Gasteiger partial charge in [0.25, 0.3) is 0 Å². The van der Waals surface area contributed by atoms with Gasteiger partial charge in [0.15, 0.2) is 0 Å². The van der Waals surface area contributed by atoms with E-state index in [0.717, 1.165) is 29.5 Å². The van der Waals surface area contributed by atoms with Crippen molar-refractivity contribution in [2.24, 2.45) is 5.92 Å². The smallest absolute Gasteiger partial charge is 0.229 e. The Labute approximate surface area is 137 Å². The summed E-state index contributed by atoms with van der Waals surface area (Å²) in [5.41, 5.74) is 0.806. The molecule has 1 aromatic carbocycles. The van der Waals surface area contributed by atoms with Crippen molar-refractivity contribution in [1.29, 1.82) is 0 Å². The number of carbonyl (C=O) groups excluding carboxylic acids is 1. The average Bonchev–Trinajstić information content (AvgIpc) is 2.58. The molecule has 5 nitrogen and oxygen atoms in total. The highest BCUT2D eigenvalue weighted by molar-refractivity contribution is 9.10. The molecule has 1 aromatic heterocycles. The standard InChI is InChI=1S/C16H17BrN4O/c17-13-6-1-2-7-14(13)20-15(22)12-5-3-10-21(11-12)16-18-8-4-9-19-16/h1-2,4,6-9,12H,3,5,10-11H2,(H,20,22). The fraction of sp³-hybridized carbons (Fsp3) is 0.312. The minimum Gasteiger partial charge on any atom is -0.340 e. The average molecular weight is 361 g/mol. The van der Waals surface area contributed by atoms with Gasteiger partial charge < -0.3 is 10.2 Å². The second-order valence-corrected chi connectivity index (χ2v) is 6.16. The predicted octanol–water partition coefficient (Wildman–Crippen LogP) is 3.09. The maximum absolute atomic E-state index is 12.5. The Morgan fingerprint density at radius 1 is 1.23 bits per heavy atom. The van der Waals surface area contributed by atoms with E-state index in [1.807, 2.05) is 24.3 Å². The maximum Gasteiger partial charge on any atom is 0.229 e. The molecule has 1 N–H and O–H groups in total. The van der Waals surface area contributed by atoms with Gasteiger partial charge in [-0.05, 0) is 47.0 Å². The summed E-state index contributed by atoms with van der Waals surface area (Å²) in [5.74, 6) is 0.693. The van der Waals surface area contributed by atoms with Crippen LogP contribution in [0, 0.1) is 5.92 Å². The molecule has 1 saturated heterocycles. The van der Waals surface area contributed by atoms with Crippen LogP contribution in [0.1, 0.15) is 12.8 Å². The van der Waals surface area contributed by atoms with Gasteiger partial charge >= 0.3 is 0 Å². The molecule has 0 aliphatic carbocycles. The van der Waals surface area contributed by atoms with Crippen molar-refractivity contribution in [1.82, 2.24) is 9.97 Å². The van der Waals surface area contributed by atoms with Crippen LogP contribution in [-0.4, -0.2) is 29.0 Å². The van der Waals surface area contributed by atoms with Gasteiger partial charge in [-0.2, -0.15) is 0 Å². The molecular weight excluding hydrogens is 344 g/mol. The van der Waals surface area contributed by atoms with E-state index < -0.39 is 0 Å². The Bertz CT molecular complexity index is 650. The van der Waals surface area contributed by atoms with Crippen molar-refractivity contribution in [2.75, 3.05) is 23.3 Å². The van der Waals surface area contributed by atoms with Crippen molar-refractivity contribution in [2.45, 2.75) is 12.8 Å². The van der Waals surface area contributed by atoms with E-state index in [9.17, 15) is 4.79 Å². The van der Waals surface area contributed by atoms with Crippen molar-refractivity contribution in [3.05, 3.63) is 47.2 Å². The zero-order valence-electron chi connectivity index (χ0n) is 12.1. The summed E-state index contributed by atoms with van der Waals surface area (Å²) in [6, 6.07) is 9.44. The number of nitrogens with zero attached hydrogens (tertiary/aromatic N) is 3. The summed E-state index contributed by atoms with van der Waals surface area (Å²) in [7, 11) is 0. The first-order chi connectivity index (χ1) is 10.7. The molecule has 6 heteroatoms. The molecule has 114 valence electrons. The van der Waals surface area contributed by atoms with Gasteiger partial charge in [0, 0.05) is 30.0 Å². The van der Waals surface area contributed by atoms with Crippen LogP contribution >= 0.6 is 15.9 Å². The fourth-order valence-electron chi connectivity index (χ4n) is 2.62. The molecule has 1 atom stereocenters. The zero-order valence-corrected chi connectivity index (χ0v) is 13.7. The lowest BCUT2D eigenvalue weighted by Gasteiger charge is -2.31. The first kappa shape index (κ1) is 15.0. The van der Waals surface area contributed by atoms with E-state index in [4.69, 9.17) is 0 Å². The van der Waals surface area contributed by atoms with Crippen LogP contribution in [0.5, 0.6) is 0 Å². The molecule has 0 spiro atoms. The summed E-state index contributed by atoms with van der Waals surface area (Å²) in [5, 5.41) is 3.00. The van der Waals surface area contributed by atoms with Crippen molar-refractivity contribution < 1.29 is 4.79 Å². The third-order valence-corrected chi connectivity index (χ3v) is 4.45. The predicted molar refractivity (Wildman–Crippen MR) is 89.7 cm³/mol. The number of amides is 1. The number of anilines is 2. The second-order valence-electron chi connectivity index (χ2n) is 5.30. The third kappa shape index (κ3) is 3.44. The Kier molecular flexibility index (Phi) is 4.68. The van der Waals surface area contributed by atoms with Crippen LogP contribution in [0.25, 0.3) is 0 Å². The number of nitrogens with one attached hydrogen (secondary N) is 1. The Balaban J connectivity index is 1.67. The number of piperidine rings is 1. The Morgan fingerprint density at radius 2 is 2.00 bits per heavy atom. The number of rotatable bonds is 3. The normalized spacial score (nSPS) is 18.0. The molecule has 1 aliphatic heterocycles. The van der Waals surface area contributed by atoms with E-state index >= 15 is 0 Å². The van der Waals surface area contributed by atoms with E-state index in [1.165, 1.54) is 0 Å². The van der Waals surface area contributed by atoms with Gasteiger partial charge in [-0.25, -0.2) is 9.97 Å². The second kappa shape index (κ2) is 6.87. The van der Waals surface area contributed by atoms with Crippen molar-refractivity contribution in [3.8, 4) is 0 Å². The molecule has 1 unspecified atom stereocenters. The van der Waals surface area contributed by atoms with Gasteiger partial charge in [-0.15, -0.1) is 0 Å². The van der Waals surface area contributed by atoms with E-state index in [-0.39, 0.29) is 11.8 Å². The first-order valence-corrected chi connectivity index (χ1v) is 8.10. The number of para-hydroxylation sites is 1. The van der Waals surface area contributed by atoms with E-state index in [0.29, 0.717) is 12.5 Å². The number of hydrogen-bond donors (Lipinski definition) is 1. The van der Waals surface area contributed by atoms with Crippen LogP contribution in [-0.2, 0) is 4.79 Å². The number of aromatic nitrogens is 2. The van der Waals surface area contributed by atoms with Crippen LogP contribution in [0.15, 0.2) is 47.2 Å². The SMILES string of the molecule is O=C(Nc1ccccc1Br)C1CCCN(c2ncccn2)C1. The largest absolute Gasteiger partial charge is 0.340 e. The lowest BCUT2D eigenvalue weighted by atomic mass is 9.97. The summed E-state index contributed by atoms with van der Waals surface area (Å²) < 4.78 is 0.891. The van der Waals surface area contributed by atoms with Crippen LogP contribution < -0.4 is 10.2 Å². The van der Waals surface area contributed by atoms with Crippen LogP contribution in [0.4, 0.5) is 11.6 Å². The Hall–Kier alpha value is -1.95. The van der Waals surface area contributed by atoms with E-state index in [2.05, 4.69) is 36.1 Å². The lowest BCUT2D eigenvalue weighted by Crippen LogP contribution is -2.41. The summed E-state index contributed by atoms with van der Waals surface area (Å²) in [4.78, 5) is 23.1. The molecule has 22 heavy (non-hydrogen) atoms. The molecule has 0 saturated carbocycles. The lowest BCUT2D eigenvalue weighted by molar-refractivity contribution is -0.120. The third-order valence-electron chi connectivity index (χ3n) is 3.76. The van der Waals surface area contributed by atoms with Gasteiger partial charge in [0.05, 0.1) is 11.6 Å². The quantitative estimate of drug-likeness (QED) is 0.913. The number of benzene rings is 1. The molecular formula is C16H17BrN4O. The highest BCUT2D eigenvalue weighted by atomic mass is 79.9. The summed E-state index contributed by atoms with van der Waals surface area (Å²) in [6.45, 7) is 1.54. The highest BCUT2D eigenvalue weighted by Gasteiger charge is 2.27. The fourth-order valence-corrected chi connectivity index (χ4v) is 3.01. The van der Waals surface area contributed by atoms with Gasteiger partial charge in [-0.1, -0.05) is 12.1 Å². The Morgan fingerprint density at radius 3 is 2.77 bits per heavy atom. The van der Waals surface area contributed by atoms with Gasteiger partial charge in [0.1, 0.15) is 0 Å². The van der Waals surface area contributed by atoms with Gasteiger partial charge in [0.2, 0.25) is 11.9 Å². The van der Waals surface area contributed by atoms with Crippen molar-refractivity contribution >= 4 is 33.5 Å². The minimum absolute atomic E-state index is 0.0486. The van der Waals surface area contributed by atoms with Crippen molar-refractivity contribution in [3.63, 3.8) is 0 Å². The maximum atomic E-state index is 12.5. The highest BCUT2D eigenvalue weighted by Crippen LogP contribution is 2.25. The monoisotopic (exact) mass is 360 g/mol. The molecule has 1 aliphatic rings. The van der Waals surface area contributed by atoms with Crippen LogP contribution in [0.2, 0.25) is 0 Å². The topological polar surface area (TPSA) is 58.1 Å². The summed E-state index contributed by atoms with van der Waals surface area (Å²) >= 11 is 3.45. The molecule has 2 heterocycles. The minimum atomic E-state index is -0.0512. The molecule has 1 amide bonds.